The third-order valence-electron chi connectivity index (χ3n) is 3.87. The molecule has 0 spiro atoms. The molecule has 0 saturated carbocycles. The van der Waals surface area contributed by atoms with E-state index in [2.05, 4.69) is 9.97 Å². The molecular formula is C19H18N4O2. The smallest absolute Gasteiger partial charge is 0.308 e. The van der Waals surface area contributed by atoms with Crippen molar-refractivity contribution in [1.82, 2.24) is 9.97 Å². The molecule has 6 N–H and O–H groups in total. The summed E-state index contributed by atoms with van der Waals surface area (Å²) in [6.45, 7) is 0. The second-order valence-corrected chi connectivity index (χ2v) is 5.70. The van der Waals surface area contributed by atoms with Crippen LogP contribution in [-0.2, 0) is 5.66 Å². The molecule has 3 aromatic rings. The Kier molecular flexibility index (Phi) is 4.47. The van der Waals surface area contributed by atoms with E-state index in [1.807, 2.05) is 54.6 Å². The lowest BCUT2D eigenvalue weighted by Crippen LogP contribution is -2.50. The normalized spacial score (nSPS) is 11.8. The van der Waals surface area contributed by atoms with E-state index >= 15 is 0 Å². The molecular weight excluding hydrogens is 316 g/mol. The van der Waals surface area contributed by atoms with Gasteiger partial charge in [-0.3, -0.25) is 9.78 Å². The average Bonchev–Trinajstić information content (AvgIpc) is 2.60. The standard InChI is InChI=1S/C19H18N4O2/c20-19(21,16-12-17(24)23-18(25)22-16)15-9-5-4-8-14(15)11-10-13-6-2-1-3-7-13/h1-12H,20-21H2,(H2,22,23,24,25). The summed E-state index contributed by atoms with van der Waals surface area (Å²) in [5.41, 5.74) is 12.4. The molecule has 0 amide bonds. The van der Waals surface area contributed by atoms with Gasteiger partial charge in [-0.05, 0) is 16.7 Å². The minimum Gasteiger partial charge on any atom is -0.308 e. The first-order chi connectivity index (χ1) is 12.0. The van der Waals surface area contributed by atoms with Gasteiger partial charge >= 0.3 is 5.69 Å². The Morgan fingerprint density at radius 1 is 0.840 bits per heavy atom. The third kappa shape index (κ3) is 3.65. The molecule has 0 unspecified atom stereocenters. The molecule has 0 radical (unpaired) electrons. The van der Waals surface area contributed by atoms with Crippen LogP contribution in [0, 0.1) is 0 Å². The average molecular weight is 334 g/mol. The fourth-order valence-electron chi connectivity index (χ4n) is 2.61. The third-order valence-corrected chi connectivity index (χ3v) is 3.87. The van der Waals surface area contributed by atoms with Crippen molar-refractivity contribution in [3.8, 4) is 0 Å². The quantitative estimate of drug-likeness (QED) is 0.425. The van der Waals surface area contributed by atoms with Crippen molar-refractivity contribution in [3.05, 3.63) is 104 Å². The topological polar surface area (TPSA) is 118 Å². The summed E-state index contributed by atoms with van der Waals surface area (Å²) in [6, 6.07) is 18.3. The molecule has 3 rings (SSSR count). The van der Waals surface area contributed by atoms with Gasteiger partial charge in [0.05, 0.1) is 5.69 Å². The van der Waals surface area contributed by atoms with E-state index in [1.54, 1.807) is 12.1 Å². The Bertz CT molecular complexity index is 989. The minimum absolute atomic E-state index is 0.141. The van der Waals surface area contributed by atoms with Crippen molar-refractivity contribution in [2.75, 3.05) is 0 Å². The van der Waals surface area contributed by atoms with Crippen LogP contribution in [0.5, 0.6) is 0 Å². The first kappa shape index (κ1) is 16.6. The lowest BCUT2D eigenvalue weighted by atomic mass is 9.92. The van der Waals surface area contributed by atoms with Gasteiger partial charge in [0.15, 0.2) is 0 Å². The summed E-state index contributed by atoms with van der Waals surface area (Å²) in [6.07, 6.45) is 3.83. The molecule has 126 valence electrons. The second-order valence-electron chi connectivity index (χ2n) is 5.70. The van der Waals surface area contributed by atoms with Crippen molar-refractivity contribution in [1.29, 1.82) is 0 Å². The number of hydrogen-bond donors (Lipinski definition) is 4. The van der Waals surface area contributed by atoms with Crippen LogP contribution in [0.2, 0.25) is 0 Å². The van der Waals surface area contributed by atoms with Crippen LogP contribution in [0.25, 0.3) is 12.2 Å². The predicted octanol–water partition coefficient (Wildman–Crippen LogP) is 1.35. The molecule has 1 aromatic heterocycles. The zero-order chi connectivity index (χ0) is 17.9. The first-order valence-corrected chi connectivity index (χ1v) is 7.71. The molecule has 2 aromatic carbocycles. The molecule has 25 heavy (non-hydrogen) atoms. The minimum atomic E-state index is -1.52. The highest BCUT2D eigenvalue weighted by Crippen LogP contribution is 2.24. The highest BCUT2D eigenvalue weighted by atomic mass is 16.2. The van der Waals surface area contributed by atoms with E-state index in [-0.39, 0.29) is 5.69 Å². The fourth-order valence-corrected chi connectivity index (χ4v) is 2.61. The van der Waals surface area contributed by atoms with Crippen molar-refractivity contribution in [3.63, 3.8) is 0 Å². The lowest BCUT2D eigenvalue weighted by Gasteiger charge is -2.26. The number of aromatic amines is 2. The fraction of sp³-hybridized carbons (Fsp3) is 0.0526. The molecule has 0 aliphatic rings. The maximum Gasteiger partial charge on any atom is 0.326 e. The van der Waals surface area contributed by atoms with Crippen molar-refractivity contribution >= 4 is 12.2 Å². The van der Waals surface area contributed by atoms with Crippen molar-refractivity contribution in [2.24, 2.45) is 11.5 Å². The number of nitrogens with two attached hydrogens (primary N) is 2. The van der Waals surface area contributed by atoms with Gasteiger partial charge in [0.2, 0.25) is 0 Å². The van der Waals surface area contributed by atoms with Crippen LogP contribution in [-0.4, -0.2) is 9.97 Å². The summed E-state index contributed by atoms with van der Waals surface area (Å²) >= 11 is 0. The Hall–Kier alpha value is -3.22. The second kappa shape index (κ2) is 6.72. The molecule has 0 saturated heterocycles. The molecule has 6 heteroatoms. The zero-order valence-electron chi connectivity index (χ0n) is 13.4. The zero-order valence-corrected chi connectivity index (χ0v) is 13.4. The summed E-state index contributed by atoms with van der Waals surface area (Å²) in [5, 5.41) is 0. The van der Waals surface area contributed by atoms with Gasteiger partial charge < -0.3 is 16.5 Å². The van der Waals surface area contributed by atoms with Crippen LogP contribution in [0.3, 0.4) is 0 Å². The summed E-state index contributed by atoms with van der Waals surface area (Å²) in [4.78, 5) is 27.7. The van der Waals surface area contributed by atoms with E-state index in [0.717, 1.165) is 11.1 Å². The number of nitrogens with one attached hydrogen (secondary N) is 2. The molecule has 0 aliphatic carbocycles. The van der Waals surface area contributed by atoms with E-state index in [9.17, 15) is 9.59 Å². The van der Waals surface area contributed by atoms with Gasteiger partial charge in [-0.1, -0.05) is 66.7 Å². The Morgan fingerprint density at radius 2 is 1.52 bits per heavy atom. The van der Waals surface area contributed by atoms with Crippen LogP contribution in [0.4, 0.5) is 0 Å². The maximum atomic E-state index is 11.6. The van der Waals surface area contributed by atoms with Gasteiger partial charge in [0, 0.05) is 6.07 Å². The molecule has 1 heterocycles. The van der Waals surface area contributed by atoms with E-state index < -0.39 is 16.9 Å². The van der Waals surface area contributed by atoms with E-state index in [0.29, 0.717) is 5.56 Å². The van der Waals surface area contributed by atoms with Crippen LogP contribution in [0.15, 0.2) is 70.3 Å². The summed E-state index contributed by atoms with van der Waals surface area (Å²) in [7, 11) is 0. The summed E-state index contributed by atoms with van der Waals surface area (Å²) < 4.78 is 0. The van der Waals surface area contributed by atoms with Gasteiger partial charge in [0.1, 0.15) is 5.66 Å². The number of H-pyrrole nitrogens is 2. The SMILES string of the molecule is NC(N)(c1cc(=O)[nH]c(=O)[nH]1)c1ccccc1C=Cc1ccccc1. The monoisotopic (exact) mass is 334 g/mol. The number of rotatable bonds is 4. The van der Waals surface area contributed by atoms with Crippen molar-refractivity contribution in [2.45, 2.75) is 5.66 Å². The molecule has 0 atom stereocenters. The van der Waals surface area contributed by atoms with E-state index in [1.165, 1.54) is 6.07 Å². The molecule has 0 fully saturated rings. The predicted molar refractivity (Wildman–Crippen MR) is 98.7 cm³/mol. The van der Waals surface area contributed by atoms with Gasteiger partial charge in [-0.15, -0.1) is 0 Å². The van der Waals surface area contributed by atoms with Gasteiger partial charge in [-0.2, -0.15) is 0 Å². The molecule has 6 nitrogen and oxygen atoms in total. The van der Waals surface area contributed by atoms with Crippen LogP contribution >= 0.6 is 0 Å². The van der Waals surface area contributed by atoms with Crippen LogP contribution in [0.1, 0.15) is 22.4 Å². The molecule has 0 aliphatic heterocycles. The highest BCUT2D eigenvalue weighted by Gasteiger charge is 2.28. The van der Waals surface area contributed by atoms with Gasteiger partial charge in [0.25, 0.3) is 5.56 Å². The maximum absolute atomic E-state index is 11.6. The van der Waals surface area contributed by atoms with E-state index in [4.69, 9.17) is 11.5 Å². The Balaban J connectivity index is 2.06. The number of benzene rings is 2. The lowest BCUT2D eigenvalue weighted by molar-refractivity contribution is 0.541. The Labute approximate surface area is 143 Å². The molecule has 0 bridgehead atoms. The van der Waals surface area contributed by atoms with Gasteiger partial charge in [-0.25, -0.2) is 4.79 Å². The highest BCUT2D eigenvalue weighted by molar-refractivity contribution is 5.72. The van der Waals surface area contributed by atoms with Crippen LogP contribution < -0.4 is 22.7 Å². The summed E-state index contributed by atoms with van der Waals surface area (Å²) in [5.74, 6) is 0. The number of aromatic nitrogens is 2. The van der Waals surface area contributed by atoms with Crippen molar-refractivity contribution < 1.29 is 0 Å². The largest absolute Gasteiger partial charge is 0.326 e. The Morgan fingerprint density at radius 3 is 2.24 bits per heavy atom. The first-order valence-electron chi connectivity index (χ1n) is 7.71. The number of hydrogen-bond acceptors (Lipinski definition) is 4.